The highest BCUT2D eigenvalue weighted by atomic mass is 35.5. The van der Waals surface area contributed by atoms with Crippen molar-refractivity contribution in [1.82, 2.24) is 9.99 Å². The van der Waals surface area contributed by atoms with Gasteiger partial charge in [0.25, 0.3) is 5.56 Å². The first kappa shape index (κ1) is 22.7. The van der Waals surface area contributed by atoms with E-state index in [9.17, 15) is 9.59 Å². The van der Waals surface area contributed by atoms with Gasteiger partial charge in [0.2, 0.25) is 5.91 Å². The number of aromatic amines is 1. The van der Waals surface area contributed by atoms with Crippen molar-refractivity contribution in [3.8, 4) is 11.1 Å². The first-order chi connectivity index (χ1) is 16.3. The summed E-state index contributed by atoms with van der Waals surface area (Å²) in [5.41, 5.74) is 3.66. The number of hydrazone groups is 1. The van der Waals surface area contributed by atoms with E-state index in [1.165, 1.54) is 11.9 Å². The van der Waals surface area contributed by atoms with Crippen molar-refractivity contribution in [3.05, 3.63) is 103 Å². The SMILES string of the molecule is CC(=O)N1N=C(c2c(-c3ccccc3)c3cc(Cl)ccc3[nH]c2=O)C[C@@H]1c1ccc(Cl)c(Cl)c1. The Morgan fingerprint density at radius 1 is 0.971 bits per heavy atom. The number of benzene rings is 3. The van der Waals surface area contributed by atoms with Crippen LogP contribution in [-0.4, -0.2) is 21.6 Å². The van der Waals surface area contributed by atoms with E-state index in [1.807, 2.05) is 42.5 Å². The van der Waals surface area contributed by atoms with E-state index < -0.39 is 6.04 Å². The van der Waals surface area contributed by atoms with Gasteiger partial charge in [-0.25, -0.2) is 5.01 Å². The van der Waals surface area contributed by atoms with Crippen LogP contribution >= 0.6 is 34.8 Å². The van der Waals surface area contributed by atoms with Gasteiger partial charge in [-0.05, 0) is 41.5 Å². The molecule has 170 valence electrons. The number of hydrogen-bond acceptors (Lipinski definition) is 3. The second-order valence-corrected chi connectivity index (χ2v) is 9.31. The monoisotopic (exact) mass is 509 g/mol. The summed E-state index contributed by atoms with van der Waals surface area (Å²) in [7, 11) is 0. The van der Waals surface area contributed by atoms with Crippen molar-refractivity contribution in [2.45, 2.75) is 19.4 Å². The molecular weight excluding hydrogens is 493 g/mol. The summed E-state index contributed by atoms with van der Waals surface area (Å²) in [5, 5.41) is 8.17. The maximum absolute atomic E-state index is 13.4. The maximum Gasteiger partial charge on any atom is 0.258 e. The normalized spacial score (nSPS) is 15.6. The number of amides is 1. The number of rotatable bonds is 3. The number of H-pyrrole nitrogens is 1. The summed E-state index contributed by atoms with van der Waals surface area (Å²) in [6.45, 7) is 1.44. The minimum Gasteiger partial charge on any atom is -0.321 e. The van der Waals surface area contributed by atoms with Crippen LogP contribution in [0.15, 0.2) is 76.6 Å². The molecule has 1 atom stereocenters. The molecule has 5 nitrogen and oxygen atoms in total. The number of hydrogen-bond donors (Lipinski definition) is 1. The Morgan fingerprint density at radius 3 is 2.44 bits per heavy atom. The van der Waals surface area contributed by atoms with Crippen LogP contribution in [0.3, 0.4) is 0 Å². The van der Waals surface area contributed by atoms with E-state index in [2.05, 4.69) is 10.1 Å². The summed E-state index contributed by atoms with van der Waals surface area (Å²) >= 11 is 18.7. The Bertz CT molecular complexity index is 1530. The third-order valence-electron chi connectivity index (χ3n) is 5.89. The van der Waals surface area contributed by atoms with Gasteiger partial charge in [0.15, 0.2) is 0 Å². The fraction of sp³-hybridized carbons (Fsp3) is 0.115. The van der Waals surface area contributed by atoms with Crippen molar-refractivity contribution in [2.24, 2.45) is 5.10 Å². The number of halogens is 3. The summed E-state index contributed by atoms with van der Waals surface area (Å²) < 4.78 is 0. The molecule has 1 aliphatic heterocycles. The lowest BCUT2D eigenvalue weighted by Crippen LogP contribution is -2.24. The first-order valence-corrected chi connectivity index (χ1v) is 11.7. The van der Waals surface area contributed by atoms with E-state index in [1.54, 1.807) is 24.3 Å². The van der Waals surface area contributed by atoms with Crippen LogP contribution in [0.25, 0.3) is 22.0 Å². The molecule has 0 aliphatic carbocycles. The smallest absolute Gasteiger partial charge is 0.258 e. The van der Waals surface area contributed by atoms with Gasteiger partial charge >= 0.3 is 0 Å². The molecule has 1 aliphatic rings. The van der Waals surface area contributed by atoms with E-state index in [0.29, 0.717) is 38.3 Å². The molecule has 0 fully saturated rings. The molecule has 0 bridgehead atoms. The van der Waals surface area contributed by atoms with Crippen LogP contribution in [0.5, 0.6) is 0 Å². The highest BCUT2D eigenvalue weighted by Crippen LogP contribution is 2.38. The van der Waals surface area contributed by atoms with Crippen LogP contribution in [0.1, 0.15) is 30.5 Å². The second kappa shape index (κ2) is 8.91. The third kappa shape index (κ3) is 4.00. The van der Waals surface area contributed by atoms with Crippen LogP contribution in [0, 0.1) is 0 Å². The minimum atomic E-state index is -0.416. The van der Waals surface area contributed by atoms with Crippen molar-refractivity contribution in [3.63, 3.8) is 0 Å². The minimum absolute atomic E-state index is 0.243. The lowest BCUT2D eigenvalue weighted by atomic mass is 9.91. The highest BCUT2D eigenvalue weighted by molar-refractivity contribution is 6.42. The molecule has 1 aromatic heterocycles. The summed E-state index contributed by atoms with van der Waals surface area (Å²) in [5.74, 6) is -0.243. The molecule has 0 saturated heterocycles. The van der Waals surface area contributed by atoms with Gasteiger partial charge in [-0.1, -0.05) is 71.2 Å². The van der Waals surface area contributed by atoms with E-state index >= 15 is 0 Å². The Hall–Kier alpha value is -3.12. The van der Waals surface area contributed by atoms with Gasteiger partial charge < -0.3 is 4.98 Å². The highest BCUT2D eigenvalue weighted by Gasteiger charge is 2.34. The number of aromatic nitrogens is 1. The number of pyridine rings is 1. The summed E-state index contributed by atoms with van der Waals surface area (Å²) in [6.07, 6.45) is 0.340. The number of fused-ring (bicyclic) bond motifs is 1. The predicted molar refractivity (Wildman–Crippen MR) is 138 cm³/mol. The average Bonchev–Trinajstić information content (AvgIpc) is 3.26. The number of carbonyl (C=O) groups excluding carboxylic acids is 1. The van der Waals surface area contributed by atoms with Crippen LogP contribution in [0.2, 0.25) is 15.1 Å². The zero-order valence-electron chi connectivity index (χ0n) is 18.0. The molecule has 2 heterocycles. The lowest BCUT2D eigenvalue weighted by molar-refractivity contribution is -0.130. The molecule has 5 rings (SSSR count). The van der Waals surface area contributed by atoms with Crippen molar-refractivity contribution >= 4 is 57.3 Å². The van der Waals surface area contributed by atoms with Crippen LogP contribution in [-0.2, 0) is 4.79 Å². The molecule has 0 spiro atoms. The zero-order chi connectivity index (χ0) is 24.0. The molecule has 0 unspecified atom stereocenters. The van der Waals surface area contributed by atoms with E-state index in [-0.39, 0.29) is 11.5 Å². The second-order valence-electron chi connectivity index (χ2n) is 8.06. The van der Waals surface area contributed by atoms with Crippen molar-refractivity contribution in [1.29, 1.82) is 0 Å². The van der Waals surface area contributed by atoms with Crippen molar-refractivity contribution in [2.75, 3.05) is 0 Å². The molecule has 1 N–H and O–H groups in total. The molecule has 1 amide bonds. The zero-order valence-corrected chi connectivity index (χ0v) is 20.2. The number of carbonyl (C=O) groups is 1. The van der Waals surface area contributed by atoms with E-state index in [0.717, 1.165) is 22.1 Å². The average molecular weight is 511 g/mol. The van der Waals surface area contributed by atoms with Gasteiger partial charge in [-0.3, -0.25) is 9.59 Å². The Balaban J connectivity index is 1.73. The Labute approximate surface area is 210 Å². The molecular formula is C26H18Cl3N3O2. The van der Waals surface area contributed by atoms with Gasteiger partial charge in [0.1, 0.15) is 0 Å². The summed E-state index contributed by atoms with van der Waals surface area (Å²) in [4.78, 5) is 28.9. The molecule has 3 aromatic carbocycles. The van der Waals surface area contributed by atoms with Gasteiger partial charge in [-0.2, -0.15) is 5.10 Å². The summed E-state index contributed by atoms with van der Waals surface area (Å²) in [6, 6.07) is 19.8. The fourth-order valence-corrected chi connectivity index (χ4v) is 4.85. The largest absolute Gasteiger partial charge is 0.321 e. The standard InChI is InChI=1S/C26H18Cl3N3O2/c1-14(33)32-23(16-7-9-19(28)20(29)11-16)13-22(31-32)25-24(15-5-3-2-4-6-15)18-12-17(27)8-10-21(18)30-26(25)34/h2-12,23H,13H2,1H3,(H,30,34)/t23-/m1/s1. The molecule has 0 radical (unpaired) electrons. The van der Waals surface area contributed by atoms with Gasteiger partial charge in [0.05, 0.1) is 27.4 Å². The Morgan fingerprint density at radius 2 is 1.74 bits per heavy atom. The predicted octanol–water partition coefficient (Wildman–Crippen LogP) is 6.85. The number of nitrogens with zero attached hydrogens (tertiary/aromatic N) is 2. The van der Waals surface area contributed by atoms with Crippen LogP contribution in [0.4, 0.5) is 0 Å². The van der Waals surface area contributed by atoms with Crippen LogP contribution < -0.4 is 5.56 Å². The van der Waals surface area contributed by atoms with E-state index in [4.69, 9.17) is 34.8 Å². The topological polar surface area (TPSA) is 65.5 Å². The molecule has 0 saturated carbocycles. The van der Waals surface area contributed by atoms with Crippen molar-refractivity contribution < 1.29 is 4.79 Å². The fourth-order valence-electron chi connectivity index (χ4n) is 4.38. The quantitative estimate of drug-likeness (QED) is 0.327. The molecule has 8 heteroatoms. The van der Waals surface area contributed by atoms with Gasteiger partial charge in [-0.15, -0.1) is 0 Å². The molecule has 4 aromatic rings. The molecule has 34 heavy (non-hydrogen) atoms. The Kier molecular flexibility index (Phi) is 5.94. The third-order valence-corrected chi connectivity index (χ3v) is 6.86. The van der Waals surface area contributed by atoms with Gasteiger partial charge in [0, 0.05) is 34.8 Å². The lowest BCUT2D eigenvalue weighted by Gasteiger charge is -2.20. The first-order valence-electron chi connectivity index (χ1n) is 10.6. The number of nitrogens with one attached hydrogen (secondary N) is 1. The maximum atomic E-state index is 13.4.